The Hall–Kier alpha value is -3.02. The number of para-hydroxylation sites is 2. The fourth-order valence-electron chi connectivity index (χ4n) is 3.88. The van der Waals surface area contributed by atoms with Crippen LogP contribution in [0.4, 0.5) is 10.5 Å². The first-order chi connectivity index (χ1) is 14.0. The first-order valence-corrected chi connectivity index (χ1v) is 10.3. The number of benzene rings is 2. The van der Waals surface area contributed by atoms with E-state index in [1.54, 1.807) is 0 Å². The van der Waals surface area contributed by atoms with Gasteiger partial charge in [-0.1, -0.05) is 12.1 Å². The average molecular weight is 393 g/mol. The molecule has 2 amide bonds. The van der Waals surface area contributed by atoms with Crippen LogP contribution < -0.4 is 10.1 Å². The molecule has 1 aromatic heterocycles. The van der Waals surface area contributed by atoms with Crippen LogP contribution in [0, 0.1) is 13.8 Å². The highest BCUT2D eigenvalue weighted by Crippen LogP contribution is 2.30. The third-order valence-electron chi connectivity index (χ3n) is 5.71. The van der Waals surface area contributed by atoms with Gasteiger partial charge >= 0.3 is 6.03 Å². The van der Waals surface area contributed by atoms with Gasteiger partial charge in [0.1, 0.15) is 11.6 Å². The second kappa shape index (κ2) is 8.15. The van der Waals surface area contributed by atoms with Crippen LogP contribution in [-0.4, -0.2) is 40.6 Å². The number of hydrogen-bond donors (Lipinski definition) is 2. The SMILES string of the molecule is CCOc1ccccc1NC(=O)N1CCC(c2nc3cc(C)c(C)cc3[nH]2)CC1. The molecule has 0 atom stereocenters. The quantitative estimate of drug-likeness (QED) is 0.657. The van der Waals surface area contributed by atoms with E-state index in [2.05, 4.69) is 36.3 Å². The molecule has 29 heavy (non-hydrogen) atoms. The van der Waals surface area contributed by atoms with Crippen molar-refractivity contribution in [1.29, 1.82) is 0 Å². The number of aromatic nitrogens is 2. The Morgan fingerprint density at radius 2 is 1.93 bits per heavy atom. The van der Waals surface area contributed by atoms with Crippen molar-refractivity contribution in [2.75, 3.05) is 25.0 Å². The molecule has 0 spiro atoms. The Kier molecular flexibility index (Phi) is 5.43. The number of aromatic amines is 1. The molecule has 0 bridgehead atoms. The van der Waals surface area contributed by atoms with Gasteiger partial charge in [0.25, 0.3) is 0 Å². The van der Waals surface area contributed by atoms with E-state index in [1.807, 2.05) is 36.1 Å². The van der Waals surface area contributed by atoms with Crippen LogP contribution in [0.25, 0.3) is 11.0 Å². The number of H-pyrrole nitrogens is 1. The molecule has 1 saturated heterocycles. The van der Waals surface area contributed by atoms with E-state index in [-0.39, 0.29) is 6.03 Å². The maximum absolute atomic E-state index is 12.7. The highest BCUT2D eigenvalue weighted by molar-refractivity contribution is 5.91. The summed E-state index contributed by atoms with van der Waals surface area (Å²) in [7, 11) is 0. The molecule has 4 rings (SSSR count). The van der Waals surface area contributed by atoms with Crippen LogP contribution in [0.5, 0.6) is 5.75 Å². The van der Waals surface area contributed by atoms with E-state index in [1.165, 1.54) is 11.1 Å². The zero-order chi connectivity index (χ0) is 20.4. The third kappa shape index (κ3) is 4.06. The number of nitrogens with zero attached hydrogens (tertiary/aromatic N) is 2. The molecule has 2 N–H and O–H groups in total. The van der Waals surface area contributed by atoms with Crippen molar-refractivity contribution in [3.05, 3.63) is 53.3 Å². The summed E-state index contributed by atoms with van der Waals surface area (Å²) in [6, 6.07) is 11.8. The molecule has 152 valence electrons. The van der Waals surface area contributed by atoms with Crippen molar-refractivity contribution in [2.24, 2.45) is 0 Å². The lowest BCUT2D eigenvalue weighted by atomic mass is 9.96. The Bertz CT molecular complexity index is 980. The minimum Gasteiger partial charge on any atom is -0.492 e. The van der Waals surface area contributed by atoms with Gasteiger partial charge in [0.2, 0.25) is 0 Å². The number of urea groups is 1. The molecule has 6 nitrogen and oxygen atoms in total. The Labute approximate surface area is 171 Å². The predicted octanol–water partition coefficient (Wildman–Crippen LogP) is 4.99. The standard InChI is InChI=1S/C23H28N4O2/c1-4-29-21-8-6-5-7-18(21)26-23(28)27-11-9-17(10-12-27)22-24-19-13-15(2)16(3)14-20(19)25-22/h5-8,13-14,17H,4,9-12H2,1-3H3,(H,24,25)(H,26,28). The number of aryl methyl sites for hydroxylation is 2. The number of anilines is 1. The summed E-state index contributed by atoms with van der Waals surface area (Å²) in [6.07, 6.45) is 1.80. The van der Waals surface area contributed by atoms with Gasteiger partial charge in [0.05, 0.1) is 23.3 Å². The van der Waals surface area contributed by atoms with E-state index in [0.29, 0.717) is 37.1 Å². The third-order valence-corrected chi connectivity index (χ3v) is 5.71. The molecule has 1 fully saturated rings. The molecule has 0 aliphatic carbocycles. The Balaban J connectivity index is 1.40. The summed E-state index contributed by atoms with van der Waals surface area (Å²) in [5, 5.41) is 2.99. The van der Waals surface area contributed by atoms with E-state index in [0.717, 1.165) is 29.7 Å². The number of ether oxygens (including phenoxy) is 1. The van der Waals surface area contributed by atoms with Crippen molar-refractivity contribution >= 4 is 22.8 Å². The number of fused-ring (bicyclic) bond motifs is 1. The summed E-state index contributed by atoms with van der Waals surface area (Å²) in [4.78, 5) is 22.9. The van der Waals surface area contributed by atoms with Gasteiger partial charge in [0.15, 0.2) is 0 Å². The number of rotatable bonds is 4. The molecule has 0 radical (unpaired) electrons. The number of carbonyl (C=O) groups is 1. The lowest BCUT2D eigenvalue weighted by Gasteiger charge is -2.31. The van der Waals surface area contributed by atoms with Gasteiger partial charge < -0.3 is 19.9 Å². The number of hydrogen-bond acceptors (Lipinski definition) is 3. The van der Waals surface area contributed by atoms with Crippen molar-refractivity contribution in [1.82, 2.24) is 14.9 Å². The molecular formula is C23H28N4O2. The first-order valence-electron chi connectivity index (χ1n) is 10.3. The smallest absolute Gasteiger partial charge is 0.321 e. The van der Waals surface area contributed by atoms with E-state index < -0.39 is 0 Å². The fourth-order valence-corrected chi connectivity index (χ4v) is 3.88. The summed E-state index contributed by atoms with van der Waals surface area (Å²) < 4.78 is 5.60. The molecule has 1 aliphatic rings. The van der Waals surface area contributed by atoms with Gasteiger partial charge in [-0.25, -0.2) is 9.78 Å². The number of piperidine rings is 1. The average Bonchev–Trinajstić information content (AvgIpc) is 3.13. The fraction of sp³-hybridized carbons (Fsp3) is 0.391. The van der Waals surface area contributed by atoms with Crippen molar-refractivity contribution in [3.8, 4) is 5.75 Å². The van der Waals surface area contributed by atoms with E-state index in [9.17, 15) is 4.79 Å². The topological polar surface area (TPSA) is 70.2 Å². The normalized spacial score (nSPS) is 14.9. The van der Waals surface area contributed by atoms with Crippen LogP contribution >= 0.6 is 0 Å². The van der Waals surface area contributed by atoms with Gasteiger partial charge in [-0.3, -0.25) is 0 Å². The summed E-state index contributed by atoms with van der Waals surface area (Å²) in [5.74, 6) is 2.08. The lowest BCUT2D eigenvalue weighted by Crippen LogP contribution is -2.40. The van der Waals surface area contributed by atoms with Crippen molar-refractivity contribution in [3.63, 3.8) is 0 Å². The predicted molar refractivity (Wildman–Crippen MR) is 116 cm³/mol. The maximum atomic E-state index is 12.7. The molecule has 0 unspecified atom stereocenters. The summed E-state index contributed by atoms with van der Waals surface area (Å²) >= 11 is 0. The number of carbonyl (C=O) groups excluding carboxylic acids is 1. The number of likely N-dealkylation sites (tertiary alicyclic amines) is 1. The van der Waals surface area contributed by atoms with Gasteiger partial charge in [-0.05, 0) is 69.0 Å². The highest BCUT2D eigenvalue weighted by Gasteiger charge is 2.26. The Morgan fingerprint density at radius 1 is 1.21 bits per heavy atom. The lowest BCUT2D eigenvalue weighted by molar-refractivity contribution is 0.193. The largest absolute Gasteiger partial charge is 0.492 e. The highest BCUT2D eigenvalue weighted by atomic mass is 16.5. The molecule has 2 aromatic carbocycles. The van der Waals surface area contributed by atoms with E-state index >= 15 is 0 Å². The maximum Gasteiger partial charge on any atom is 0.321 e. The van der Waals surface area contributed by atoms with Gasteiger partial charge in [-0.15, -0.1) is 0 Å². The molecule has 6 heteroatoms. The molecular weight excluding hydrogens is 364 g/mol. The van der Waals surface area contributed by atoms with Crippen LogP contribution in [0.1, 0.15) is 42.6 Å². The second-order valence-corrected chi connectivity index (χ2v) is 7.70. The summed E-state index contributed by atoms with van der Waals surface area (Å²) in [5.41, 5.74) is 5.36. The van der Waals surface area contributed by atoms with Crippen LogP contribution in [-0.2, 0) is 0 Å². The second-order valence-electron chi connectivity index (χ2n) is 7.70. The Morgan fingerprint density at radius 3 is 2.69 bits per heavy atom. The zero-order valence-corrected chi connectivity index (χ0v) is 17.3. The summed E-state index contributed by atoms with van der Waals surface area (Å²) in [6.45, 7) is 8.16. The number of imidazole rings is 1. The van der Waals surface area contributed by atoms with Crippen LogP contribution in [0.2, 0.25) is 0 Å². The molecule has 2 heterocycles. The minimum absolute atomic E-state index is 0.0774. The minimum atomic E-state index is -0.0774. The molecule has 0 saturated carbocycles. The number of nitrogens with one attached hydrogen (secondary N) is 2. The monoisotopic (exact) mass is 392 g/mol. The molecule has 1 aliphatic heterocycles. The van der Waals surface area contributed by atoms with Crippen molar-refractivity contribution in [2.45, 2.75) is 39.5 Å². The van der Waals surface area contributed by atoms with Gasteiger partial charge in [-0.2, -0.15) is 0 Å². The van der Waals surface area contributed by atoms with Gasteiger partial charge in [0, 0.05) is 19.0 Å². The number of amides is 2. The van der Waals surface area contributed by atoms with Crippen LogP contribution in [0.3, 0.4) is 0 Å². The first kappa shape index (κ1) is 19.3. The van der Waals surface area contributed by atoms with E-state index in [4.69, 9.17) is 9.72 Å². The zero-order valence-electron chi connectivity index (χ0n) is 17.3. The van der Waals surface area contributed by atoms with Crippen molar-refractivity contribution < 1.29 is 9.53 Å². The van der Waals surface area contributed by atoms with Crippen LogP contribution in [0.15, 0.2) is 36.4 Å². The molecule has 3 aromatic rings.